The van der Waals surface area contributed by atoms with Crippen molar-refractivity contribution in [3.8, 4) is 0 Å². The molecule has 0 saturated carbocycles. The van der Waals surface area contributed by atoms with Crippen LogP contribution in [0.1, 0.15) is 20.2 Å². The second-order valence-electron chi connectivity index (χ2n) is 4.52. The Morgan fingerprint density at radius 3 is 2.43 bits per heavy atom. The van der Waals surface area contributed by atoms with Gasteiger partial charge >= 0.3 is 0 Å². The van der Waals surface area contributed by atoms with Crippen molar-refractivity contribution in [1.82, 2.24) is 9.88 Å². The first-order chi connectivity index (χ1) is 10.2. The zero-order valence-electron chi connectivity index (χ0n) is 11.6. The molecular formula is C15H18N2O3S. The molecule has 0 radical (unpaired) electrons. The maximum absolute atomic E-state index is 12.3. The monoisotopic (exact) mass is 306 g/mol. The summed E-state index contributed by atoms with van der Waals surface area (Å²) in [5, 5.41) is 18.8. The third-order valence-corrected chi connectivity index (χ3v) is 3.97. The first-order valence-corrected chi connectivity index (χ1v) is 7.56. The quantitative estimate of drug-likeness (QED) is 0.805. The third-order valence-electron chi connectivity index (χ3n) is 2.99. The molecule has 1 aromatic heterocycles. The van der Waals surface area contributed by atoms with Crippen LogP contribution in [0.4, 0.5) is 0 Å². The smallest absolute Gasteiger partial charge is 0.265 e. The number of nitrogens with zero attached hydrogens (tertiary/aromatic N) is 2. The molecule has 0 aliphatic heterocycles. The molecule has 0 saturated heterocycles. The lowest BCUT2D eigenvalue weighted by molar-refractivity contribution is 0.0689. The Hall–Kier alpha value is -1.76. The van der Waals surface area contributed by atoms with Crippen molar-refractivity contribution < 1.29 is 15.0 Å². The molecule has 2 aromatic rings. The Balaban J connectivity index is 2.06. The molecular weight excluding hydrogens is 288 g/mol. The van der Waals surface area contributed by atoms with Crippen LogP contribution in [0.2, 0.25) is 0 Å². The zero-order valence-corrected chi connectivity index (χ0v) is 12.4. The van der Waals surface area contributed by atoms with E-state index in [1.807, 2.05) is 30.3 Å². The van der Waals surface area contributed by atoms with Crippen LogP contribution in [-0.2, 0) is 6.42 Å². The van der Waals surface area contributed by atoms with Crippen molar-refractivity contribution in [1.29, 1.82) is 0 Å². The first kappa shape index (κ1) is 15.6. The number of hydrogen-bond donors (Lipinski definition) is 2. The lowest BCUT2D eigenvalue weighted by Gasteiger charge is -2.19. The Morgan fingerprint density at radius 2 is 1.81 bits per heavy atom. The number of amides is 1. The molecule has 2 N–H and O–H groups in total. The number of benzene rings is 1. The topological polar surface area (TPSA) is 73.7 Å². The number of carbonyl (C=O) groups is 1. The minimum absolute atomic E-state index is 0.124. The lowest BCUT2D eigenvalue weighted by Crippen LogP contribution is -2.35. The fourth-order valence-electron chi connectivity index (χ4n) is 1.97. The standard InChI is InChI=1S/C15H18N2O3S/c18-8-6-17(7-9-19)15(20)13-11-16-14(21-13)10-12-4-2-1-3-5-12/h1-5,11,18-19H,6-10H2. The zero-order chi connectivity index (χ0) is 15.1. The van der Waals surface area contributed by atoms with Crippen LogP contribution in [0.25, 0.3) is 0 Å². The average Bonchev–Trinajstić information content (AvgIpc) is 2.96. The van der Waals surface area contributed by atoms with Crippen molar-refractivity contribution >= 4 is 17.2 Å². The summed E-state index contributed by atoms with van der Waals surface area (Å²) >= 11 is 1.35. The maximum atomic E-state index is 12.3. The molecule has 0 fully saturated rings. The summed E-state index contributed by atoms with van der Waals surface area (Å²) < 4.78 is 0. The maximum Gasteiger partial charge on any atom is 0.265 e. The second-order valence-corrected chi connectivity index (χ2v) is 5.64. The van der Waals surface area contributed by atoms with Crippen LogP contribution in [0, 0.1) is 0 Å². The molecule has 0 aliphatic carbocycles. The molecule has 0 bridgehead atoms. The van der Waals surface area contributed by atoms with E-state index < -0.39 is 0 Å². The number of rotatable bonds is 7. The van der Waals surface area contributed by atoms with Crippen molar-refractivity contribution in [3.63, 3.8) is 0 Å². The fourth-order valence-corrected chi connectivity index (χ4v) is 2.89. The molecule has 0 unspecified atom stereocenters. The summed E-state index contributed by atoms with van der Waals surface area (Å²) in [6.07, 6.45) is 2.26. The molecule has 1 heterocycles. The number of hydrogen-bond acceptors (Lipinski definition) is 5. The van der Waals surface area contributed by atoms with Gasteiger partial charge in [0.05, 0.1) is 24.4 Å². The van der Waals surface area contributed by atoms with Gasteiger partial charge in [-0.2, -0.15) is 0 Å². The Kier molecular flexibility index (Phi) is 5.86. The van der Waals surface area contributed by atoms with Crippen LogP contribution in [0.15, 0.2) is 36.5 Å². The van der Waals surface area contributed by atoms with E-state index in [2.05, 4.69) is 4.98 Å². The van der Waals surface area contributed by atoms with Gasteiger partial charge in [0.1, 0.15) is 4.88 Å². The SMILES string of the molecule is O=C(c1cnc(Cc2ccccc2)s1)N(CCO)CCO. The number of aromatic nitrogens is 1. The summed E-state index contributed by atoms with van der Waals surface area (Å²) in [4.78, 5) is 18.5. The van der Waals surface area contributed by atoms with Crippen LogP contribution in [0.3, 0.4) is 0 Å². The summed E-state index contributed by atoms with van der Waals surface area (Å²) in [5.41, 5.74) is 1.15. The van der Waals surface area contributed by atoms with E-state index in [-0.39, 0.29) is 32.2 Å². The van der Waals surface area contributed by atoms with Gasteiger partial charge in [-0.05, 0) is 5.56 Å². The number of aliphatic hydroxyl groups is 2. The minimum atomic E-state index is -0.199. The van der Waals surface area contributed by atoms with E-state index in [0.29, 0.717) is 11.3 Å². The molecule has 1 amide bonds. The predicted octanol–water partition coefficient (Wildman–Crippen LogP) is 1.16. The highest BCUT2D eigenvalue weighted by Gasteiger charge is 2.17. The second kappa shape index (κ2) is 7.87. The third kappa shape index (κ3) is 4.35. The van der Waals surface area contributed by atoms with Crippen molar-refractivity contribution in [2.24, 2.45) is 0 Å². The van der Waals surface area contributed by atoms with Crippen molar-refractivity contribution in [3.05, 3.63) is 52.0 Å². The Bertz CT molecular complexity index is 565. The van der Waals surface area contributed by atoms with Crippen molar-refractivity contribution in [2.75, 3.05) is 26.3 Å². The molecule has 21 heavy (non-hydrogen) atoms. The van der Waals surface area contributed by atoms with Gasteiger partial charge in [-0.3, -0.25) is 4.79 Å². The highest BCUT2D eigenvalue weighted by molar-refractivity contribution is 7.13. The van der Waals surface area contributed by atoms with Crippen LogP contribution >= 0.6 is 11.3 Å². The van der Waals surface area contributed by atoms with Gasteiger partial charge in [0.2, 0.25) is 0 Å². The Labute approximate surface area is 127 Å². The van der Waals surface area contributed by atoms with Gasteiger partial charge in [0.15, 0.2) is 0 Å². The molecule has 2 rings (SSSR count). The van der Waals surface area contributed by atoms with Crippen LogP contribution in [-0.4, -0.2) is 52.3 Å². The van der Waals surface area contributed by atoms with Gasteiger partial charge < -0.3 is 15.1 Å². The van der Waals surface area contributed by atoms with Crippen molar-refractivity contribution in [2.45, 2.75) is 6.42 Å². The van der Waals surface area contributed by atoms with E-state index in [0.717, 1.165) is 10.6 Å². The van der Waals surface area contributed by atoms with Gasteiger partial charge in [-0.1, -0.05) is 30.3 Å². The van der Waals surface area contributed by atoms with E-state index in [9.17, 15) is 4.79 Å². The molecule has 1 aromatic carbocycles. The summed E-state index contributed by atoms with van der Waals surface area (Å²) in [6, 6.07) is 9.94. The molecule has 0 spiro atoms. The fraction of sp³-hybridized carbons (Fsp3) is 0.333. The molecule has 0 atom stereocenters. The van der Waals surface area contributed by atoms with Crippen LogP contribution < -0.4 is 0 Å². The normalized spacial score (nSPS) is 10.6. The highest BCUT2D eigenvalue weighted by Crippen LogP contribution is 2.18. The largest absolute Gasteiger partial charge is 0.395 e. The Morgan fingerprint density at radius 1 is 1.14 bits per heavy atom. The first-order valence-electron chi connectivity index (χ1n) is 6.74. The predicted molar refractivity (Wildman–Crippen MR) is 81.4 cm³/mol. The lowest BCUT2D eigenvalue weighted by atomic mass is 10.2. The minimum Gasteiger partial charge on any atom is -0.395 e. The van der Waals surface area contributed by atoms with Gasteiger partial charge in [0.25, 0.3) is 5.91 Å². The summed E-state index contributed by atoms with van der Waals surface area (Å²) in [7, 11) is 0. The number of aliphatic hydroxyl groups excluding tert-OH is 2. The average molecular weight is 306 g/mol. The molecule has 0 aliphatic rings. The number of thiazole rings is 1. The summed E-state index contributed by atoms with van der Waals surface area (Å²) in [6.45, 7) is 0.180. The van der Waals surface area contributed by atoms with Gasteiger partial charge in [0, 0.05) is 19.5 Å². The van der Waals surface area contributed by atoms with E-state index >= 15 is 0 Å². The van der Waals surface area contributed by atoms with E-state index in [1.54, 1.807) is 6.20 Å². The van der Waals surface area contributed by atoms with Gasteiger partial charge in [-0.25, -0.2) is 4.98 Å². The number of carbonyl (C=O) groups excluding carboxylic acids is 1. The van der Waals surface area contributed by atoms with Gasteiger partial charge in [-0.15, -0.1) is 11.3 Å². The van der Waals surface area contributed by atoms with E-state index in [1.165, 1.54) is 16.2 Å². The van der Waals surface area contributed by atoms with Crippen LogP contribution in [0.5, 0.6) is 0 Å². The summed E-state index contributed by atoms with van der Waals surface area (Å²) in [5.74, 6) is -0.199. The van der Waals surface area contributed by atoms with E-state index in [4.69, 9.17) is 10.2 Å². The molecule has 6 heteroatoms. The molecule has 112 valence electrons. The highest BCUT2D eigenvalue weighted by atomic mass is 32.1. The molecule has 5 nitrogen and oxygen atoms in total.